The predicted octanol–water partition coefficient (Wildman–Crippen LogP) is -1.37. The second kappa shape index (κ2) is 5.42. The lowest BCUT2D eigenvalue weighted by Gasteiger charge is -2.17. The first kappa shape index (κ1) is 15.6. The number of anilines is 1. The van der Waals surface area contributed by atoms with Crippen molar-refractivity contribution < 1.29 is 30.0 Å². The van der Waals surface area contributed by atoms with E-state index < -0.39 is 37.1 Å². The molecule has 10 nitrogen and oxygen atoms in total. The van der Waals surface area contributed by atoms with Crippen LogP contribution in [0.3, 0.4) is 0 Å². The molecule has 2 aromatic heterocycles. The number of carboxylic acid groups (broad SMARTS) is 1. The Bertz CT molecular complexity index is 775. The lowest BCUT2D eigenvalue weighted by Crippen LogP contribution is -2.33. The summed E-state index contributed by atoms with van der Waals surface area (Å²) >= 11 is 0. The number of hydrogen-bond acceptors (Lipinski definition) is 8. The van der Waals surface area contributed by atoms with Crippen LogP contribution in [-0.4, -0.2) is 65.8 Å². The van der Waals surface area contributed by atoms with Crippen molar-refractivity contribution in [2.75, 3.05) is 12.3 Å². The van der Waals surface area contributed by atoms with Gasteiger partial charge in [-0.3, -0.25) is 0 Å². The molecule has 0 spiro atoms. The van der Waals surface area contributed by atoms with Crippen LogP contribution in [0.15, 0.2) is 6.20 Å². The molecule has 0 bridgehead atoms. The number of nitrogen functional groups attached to an aromatic ring is 1. The largest absolute Gasteiger partial charge is 0.478 e. The van der Waals surface area contributed by atoms with Crippen LogP contribution in [0.25, 0.3) is 11.0 Å². The molecule has 124 valence electrons. The Kier molecular flexibility index (Phi) is 3.68. The SMILES string of the molecule is Cc1nc(N)c2c(C(=O)O)cn([C@@H]3O[C@H](CO)[C@@H](O)[C@H]3O)c2n1. The van der Waals surface area contributed by atoms with Crippen LogP contribution in [0.1, 0.15) is 22.4 Å². The molecule has 1 aliphatic rings. The number of aromatic nitrogens is 3. The van der Waals surface area contributed by atoms with Crippen LogP contribution < -0.4 is 5.73 Å². The molecule has 3 heterocycles. The van der Waals surface area contributed by atoms with Gasteiger partial charge in [-0.15, -0.1) is 0 Å². The molecule has 0 saturated carbocycles. The van der Waals surface area contributed by atoms with Gasteiger partial charge in [0.2, 0.25) is 0 Å². The summed E-state index contributed by atoms with van der Waals surface area (Å²) in [7, 11) is 0. The normalized spacial score (nSPS) is 27.7. The second-order valence-electron chi connectivity index (χ2n) is 5.34. The number of ether oxygens (including phenoxy) is 1. The smallest absolute Gasteiger partial charge is 0.338 e. The maximum absolute atomic E-state index is 11.4. The quantitative estimate of drug-likeness (QED) is 0.458. The van der Waals surface area contributed by atoms with E-state index in [1.807, 2.05) is 0 Å². The topological polar surface area (TPSA) is 164 Å². The number of nitrogens with zero attached hydrogens (tertiary/aromatic N) is 3. The zero-order valence-electron chi connectivity index (χ0n) is 12.1. The van der Waals surface area contributed by atoms with E-state index in [2.05, 4.69) is 9.97 Å². The number of carbonyl (C=O) groups is 1. The zero-order chi connectivity index (χ0) is 16.9. The summed E-state index contributed by atoms with van der Waals surface area (Å²) in [5.74, 6) is -0.923. The Morgan fingerprint density at radius 2 is 2.09 bits per heavy atom. The van der Waals surface area contributed by atoms with E-state index in [9.17, 15) is 20.1 Å². The number of fused-ring (bicyclic) bond motifs is 1. The molecule has 1 saturated heterocycles. The standard InChI is InChI=1S/C13H16N4O6/c1-4-15-10(14)7-5(13(21)22)2-17(11(7)16-4)12-9(20)8(19)6(3-18)23-12/h2,6,8-9,12,18-20H,3H2,1H3,(H,21,22)(H2,14,15,16)/t6-,8-,9-,12-/m1/s1. The van der Waals surface area contributed by atoms with Gasteiger partial charge in [0.25, 0.3) is 0 Å². The van der Waals surface area contributed by atoms with Gasteiger partial charge in [0.1, 0.15) is 35.6 Å². The van der Waals surface area contributed by atoms with Gasteiger partial charge in [0, 0.05) is 6.20 Å². The number of aliphatic hydroxyl groups is 3. The Labute approximate surface area is 129 Å². The van der Waals surface area contributed by atoms with Crippen molar-refractivity contribution in [1.29, 1.82) is 0 Å². The summed E-state index contributed by atoms with van der Waals surface area (Å²) in [5.41, 5.74) is 5.83. The third-order valence-corrected chi connectivity index (χ3v) is 3.83. The molecule has 1 aliphatic heterocycles. The van der Waals surface area contributed by atoms with Crippen LogP contribution >= 0.6 is 0 Å². The predicted molar refractivity (Wildman–Crippen MR) is 76.6 cm³/mol. The van der Waals surface area contributed by atoms with Gasteiger partial charge in [0.05, 0.1) is 17.6 Å². The average Bonchev–Trinajstić information content (AvgIpc) is 2.99. The first-order valence-electron chi connectivity index (χ1n) is 6.85. The van der Waals surface area contributed by atoms with Gasteiger partial charge in [-0.25, -0.2) is 14.8 Å². The second-order valence-corrected chi connectivity index (χ2v) is 5.34. The van der Waals surface area contributed by atoms with Crippen molar-refractivity contribution in [1.82, 2.24) is 14.5 Å². The molecule has 0 aromatic carbocycles. The fourth-order valence-corrected chi connectivity index (χ4v) is 2.75. The summed E-state index contributed by atoms with van der Waals surface area (Å²) in [6.07, 6.45) is -3.54. The first-order valence-corrected chi connectivity index (χ1v) is 6.85. The number of rotatable bonds is 3. The molecule has 2 aromatic rings. The van der Waals surface area contributed by atoms with E-state index in [0.717, 1.165) is 0 Å². The fourth-order valence-electron chi connectivity index (χ4n) is 2.75. The Balaban J connectivity index is 2.20. The van der Waals surface area contributed by atoms with E-state index in [0.29, 0.717) is 5.82 Å². The monoisotopic (exact) mass is 324 g/mol. The van der Waals surface area contributed by atoms with E-state index in [1.165, 1.54) is 10.8 Å². The van der Waals surface area contributed by atoms with Crippen molar-refractivity contribution >= 4 is 22.8 Å². The molecular formula is C13H16N4O6. The highest BCUT2D eigenvalue weighted by Gasteiger charge is 2.44. The molecule has 0 aliphatic carbocycles. The maximum atomic E-state index is 11.4. The minimum Gasteiger partial charge on any atom is -0.478 e. The molecule has 6 N–H and O–H groups in total. The number of aliphatic hydroxyl groups excluding tert-OH is 3. The van der Waals surface area contributed by atoms with Gasteiger partial charge in [-0.1, -0.05) is 0 Å². The molecule has 4 atom stereocenters. The average molecular weight is 324 g/mol. The van der Waals surface area contributed by atoms with Crippen molar-refractivity contribution in [2.24, 2.45) is 0 Å². The van der Waals surface area contributed by atoms with Crippen molar-refractivity contribution in [3.63, 3.8) is 0 Å². The van der Waals surface area contributed by atoms with Gasteiger partial charge in [-0.2, -0.15) is 0 Å². The van der Waals surface area contributed by atoms with Gasteiger partial charge in [-0.05, 0) is 6.92 Å². The molecule has 23 heavy (non-hydrogen) atoms. The van der Waals surface area contributed by atoms with Gasteiger partial charge >= 0.3 is 5.97 Å². The summed E-state index contributed by atoms with van der Waals surface area (Å²) in [4.78, 5) is 19.5. The Morgan fingerprint density at radius 1 is 1.39 bits per heavy atom. The highest BCUT2D eigenvalue weighted by atomic mass is 16.6. The van der Waals surface area contributed by atoms with Gasteiger partial charge < -0.3 is 35.5 Å². The molecule has 0 unspecified atom stereocenters. The molecule has 3 rings (SSSR count). The van der Waals surface area contributed by atoms with Crippen LogP contribution in [0.5, 0.6) is 0 Å². The minimum atomic E-state index is -1.36. The fraction of sp³-hybridized carbons (Fsp3) is 0.462. The highest BCUT2D eigenvalue weighted by Crippen LogP contribution is 2.34. The lowest BCUT2D eigenvalue weighted by atomic mass is 10.1. The number of nitrogens with two attached hydrogens (primary N) is 1. The van der Waals surface area contributed by atoms with Crippen LogP contribution in [0, 0.1) is 6.92 Å². The van der Waals surface area contributed by atoms with Crippen molar-refractivity contribution in [3.8, 4) is 0 Å². The Hall–Kier alpha value is -2.27. The summed E-state index contributed by atoms with van der Waals surface area (Å²) in [5, 5.41) is 38.6. The lowest BCUT2D eigenvalue weighted by molar-refractivity contribution is -0.0509. The van der Waals surface area contributed by atoms with Crippen LogP contribution in [-0.2, 0) is 4.74 Å². The molecule has 0 amide bonds. The molecular weight excluding hydrogens is 308 g/mol. The van der Waals surface area contributed by atoms with Crippen molar-refractivity contribution in [2.45, 2.75) is 31.5 Å². The summed E-state index contributed by atoms with van der Waals surface area (Å²) in [6, 6.07) is 0. The number of aromatic carboxylic acids is 1. The molecule has 10 heteroatoms. The number of aryl methyl sites for hydroxylation is 1. The van der Waals surface area contributed by atoms with E-state index in [4.69, 9.17) is 15.6 Å². The number of carboxylic acids is 1. The summed E-state index contributed by atoms with van der Waals surface area (Å²) in [6.45, 7) is 1.10. The van der Waals surface area contributed by atoms with E-state index in [-0.39, 0.29) is 22.4 Å². The molecule has 1 fully saturated rings. The molecule has 0 radical (unpaired) electrons. The maximum Gasteiger partial charge on any atom is 0.338 e. The van der Waals surface area contributed by atoms with E-state index in [1.54, 1.807) is 6.92 Å². The third-order valence-electron chi connectivity index (χ3n) is 3.83. The first-order chi connectivity index (χ1) is 10.8. The minimum absolute atomic E-state index is 0.00427. The van der Waals surface area contributed by atoms with Crippen molar-refractivity contribution in [3.05, 3.63) is 17.6 Å². The summed E-state index contributed by atoms with van der Waals surface area (Å²) < 4.78 is 6.71. The zero-order valence-corrected chi connectivity index (χ0v) is 12.1. The van der Waals surface area contributed by atoms with Crippen LogP contribution in [0.2, 0.25) is 0 Å². The Morgan fingerprint density at radius 3 is 2.65 bits per heavy atom. The highest BCUT2D eigenvalue weighted by molar-refractivity contribution is 6.06. The van der Waals surface area contributed by atoms with Gasteiger partial charge in [0.15, 0.2) is 6.23 Å². The third kappa shape index (κ3) is 2.32. The van der Waals surface area contributed by atoms with Crippen LogP contribution in [0.4, 0.5) is 5.82 Å². The van der Waals surface area contributed by atoms with E-state index >= 15 is 0 Å². The number of hydrogen-bond donors (Lipinski definition) is 5.